The molecular weight excluding hydrogens is 236 g/mol. The van der Waals surface area contributed by atoms with E-state index in [1.807, 2.05) is 0 Å². The highest BCUT2D eigenvalue weighted by molar-refractivity contribution is 5.99. The third-order valence-electron chi connectivity index (χ3n) is 2.34. The van der Waals surface area contributed by atoms with Crippen molar-refractivity contribution in [3.05, 3.63) is 23.5 Å². The van der Waals surface area contributed by atoms with Crippen molar-refractivity contribution < 1.29 is 19.1 Å². The van der Waals surface area contributed by atoms with Crippen LogP contribution in [0.15, 0.2) is 12.3 Å². The maximum absolute atomic E-state index is 11.9. The van der Waals surface area contributed by atoms with Crippen molar-refractivity contribution in [2.75, 3.05) is 20.2 Å². The van der Waals surface area contributed by atoms with Crippen molar-refractivity contribution >= 4 is 17.7 Å². The van der Waals surface area contributed by atoms with Crippen molar-refractivity contribution in [2.45, 2.75) is 13.8 Å². The van der Waals surface area contributed by atoms with Gasteiger partial charge in [0.1, 0.15) is 12.2 Å². The van der Waals surface area contributed by atoms with Crippen LogP contribution in [0.1, 0.15) is 34.7 Å². The molecule has 1 rings (SSSR count). The summed E-state index contributed by atoms with van der Waals surface area (Å²) in [5, 5.41) is 0. The van der Waals surface area contributed by atoms with Crippen LogP contribution in [-0.4, -0.2) is 47.7 Å². The molecule has 1 aromatic rings. The monoisotopic (exact) mass is 252 g/mol. The maximum atomic E-state index is 11.9. The highest BCUT2D eigenvalue weighted by Gasteiger charge is 2.17. The molecule has 6 heteroatoms. The molecule has 0 radical (unpaired) electrons. The summed E-state index contributed by atoms with van der Waals surface area (Å²) in [5.74, 6) is -0.958. The fourth-order valence-corrected chi connectivity index (χ4v) is 1.40. The average Bonchev–Trinajstić information content (AvgIpc) is 2.77. The largest absolute Gasteiger partial charge is 0.465 e. The van der Waals surface area contributed by atoms with Crippen LogP contribution < -0.4 is 0 Å². The zero-order chi connectivity index (χ0) is 13.7. The molecule has 0 aliphatic carbocycles. The van der Waals surface area contributed by atoms with Crippen molar-refractivity contribution in [1.29, 1.82) is 0 Å². The Hall–Kier alpha value is -2.11. The summed E-state index contributed by atoms with van der Waals surface area (Å²) in [4.78, 5) is 38.2. The second kappa shape index (κ2) is 6.00. The number of likely N-dealkylation sites (N-methyl/N-ethyl adjacent to an activating group) is 1. The second-order valence-corrected chi connectivity index (χ2v) is 3.82. The van der Waals surface area contributed by atoms with Gasteiger partial charge in [0.15, 0.2) is 5.78 Å². The van der Waals surface area contributed by atoms with Gasteiger partial charge >= 0.3 is 5.97 Å². The standard InChI is InChI=1S/C12H16N2O4/c1-4-18-11(16)7-14(3)12(17)10-5-9(6-13-10)8(2)15/h5-6,13H,4,7H2,1-3H3. The van der Waals surface area contributed by atoms with E-state index in [0.717, 1.165) is 0 Å². The van der Waals surface area contributed by atoms with E-state index < -0.39 is 5.97 Å². The summed E-state index contributed by atoms with van der Waals surface area (Å²) in [6, 6.07) is 1.46. The Balaban J connectivity index is 2.68. The quantitative estimate of drug-likeness (QED) is 0.622. The Bertz CT molecular complexity index is 464. The van der Waals surface area contributed by atoms with Crippen molar-refractivity contribution in [3.8, 4) is 0 Å². The molecular formula is C12H16N2O4. The lowest BCUT2D eigenvalue weighted by Crippen LogP contribution is -2.33. The van der Waals surface area contributed by atoms with E-state index in [1.54, 1.807) is 6.92 Å². The molecule has 0 saturated carbocycles. The molecule has 1 N–H and O–H groups in total. The number of Topliss-reactive ketones (excluding diaryl/α,β-unsaturated/α-hetero) is 1. The first-order valence-corrected chi connectivity index (χ1v) is 5.56. The molecule has 1 amide bonds. The number of aromatic amines is 1. The van der Waals surface area contributed by atoms with Gasteiger partial charge in [-0.25, -0.2) is 0 Å². The van der Waals surface area contributed by atoms with Crippen LogP contribution in [0.3, 0.4) is 0 Å². The number of rotatable bonds is 5. The third kappa shape index (κ3) is 3.44. The molecule has 0 aromatic carbocycles. The molecule has 18 heavy (non-hydrogen) atoms. The lowest BCUT2D eigenvalue weighted by atomic mass is 10.2. The highest BCUT2D eigenvalue weighted by Crippen LogP contribution is 2.07. The topological polar surface area (TPSA) is 79.5 Å². The Kier molecular flexibility index (Phi) is 4.65. The summed E-state index contributed by atoms with van der Waals surface area (Å²) >= 11 is 0. The molecule has 0 fully saturated rings. The number of aromatic nitrogens is 1. The number of amides is 1. The lowest BCUT2D eigenvalue weighted by Gasteiger charge is -2.14. The summed E-state index contributed by atoms with van der Waals surface area (Å²) < 4.78 is 4.74. The zero-order valence-electron chi connectivity index (χ0n) is 10.6. The lowest BCUT2D eigenvalue weighted by molar-refractivity contribution is -0.143. The SMILES string of the molecule is CCOC(=O)CN(C)C(=O)c1cc(C(C)=O)c[nH]1. The van der Waals surface area contributed by atoms with Crippen LogP contribution in [0, 0.1) is 0 Å². The molecule has 0 atom stereocenters. The smallest absolute Gasteiger partial charge is 0.325 e. The predicted molar refractivity (Wildman–Crippen MR) is 64.4 cm³/mol. The molecule has 98 valence electrons. The van der Waals surface area contributed by atoms with Crippen LogP contribution in [0.4, 0.5) is 0 Å². The zero-order valence-corrected chi connectivity index (χ0v) is 10.6. The van der Waals surface area contributed by atoms with E-state index in [-0.39, 0.29) is 30.5 Å². The molecule has 0 aliphatic rings. The predicted octanol–water partition coefficient (Wildman–Crippen LogP) is 0.852. The summed E-state index contributed by atoms with van der Waals surface area (Å²) in [6.07, 6.45) is 1.47. The Morgan fingerprint density at radius 1 is 1.39 bits per heavy atom. The van der Waals surface area contributed by atoms with Gasteiger partial charge < -0.3 is 14.6 Å². The number of ketones is 1. The molecule has 0 bridgehead atoms. The number of nitrogens with one attached hydrogen (secondary N) is 1. The van der Waals surface area contributed by atoms with Crippen molar-refractivity contribution in [1.82, 2.24) is 9.88 Å². The average molecular weight is 252 g/mol. The van der Waals surface area contributed by atoms with Crippen LogP contribution in [0.5, 0.6) is 0 Å². The van der Waals surface area contributed by atoms with Gasteiger partial charge in [-0.2, -0.15) is 0 Å². The molecule has 6 nitrogen and oxygen atoms in total. The van der Waals surface area contributed by atoms with Crippen LogP contribution >= 0.6 is 0 Å². The van der Waals surface area contributed by atoms with Crippen LogP contribution in [0.25, 0.3) is 0 Å². The van der Waals surface area contributed by atoms with Crippen LogP contribution in [-0.2, 0) is 9.53 Å². The second-order valence-electron chi connectivity index (χ2n) is 3.82. The number of carbonyl (C=O) groups excluding carboxylic acids is 3. The summed E-state index contributed by atoms with van der Waals surface area (Å²) in [7, 11) is 1.49. The van der Waals surface area contributed by atoms with Crippen molar-refractivity contribution in [2.24, 2.45) is 0 Å². The Labute approximate surface area is 105 Å². The van der Waals surface area contributed by atoms with Gasteiger partial charge in [-0.05, 0) is 19.9 Å². The minimum atomic E-state index is -0.466. The normalized spacial score (nSPS) is 9.94. The summed E-state index contributed by atoms with van der Waals surface area (Å²) in [6.45, 7) is 3.27. The van der Waals surface area contributed by atoms with Gasteiger partial charge in [0.2, 0.25) is 0 Å². The first-order valence-electron chi connectivity index (χ1n) is 5.56. The molecule has 1 heterocycles. The molecule has 0 aliphatic heterocycles. The number of ether oxygens (including phenoxy) is 1. The number of nitrogens with zero attached hydrogens (tertiary/aromatic N) is 1. The van der Waals surface area contributed by atoms with Gasteiger partial charge in [0.05, 0.1) is 6.61 Å². The number of H-pyrrole nitrogens is 1. The van der Waals surface area contributed by atoms with Gasteiger partial charge in [-0.1, -0.05) is 0 Å². The molecule has 0 spiro atoms. The van der Waals surface area contributed by atoms with Gasteiger partial charge in [0.25, 0.3) is 5.91 Å². The third-order valence-corrected chi connectivity index (χ3v) is 2.34. The van der Waals surface area contributed by atoms with Gasteiger partial charge in [0, 0.05) is 18.8 Å². The fourth-order valence-electron chi connectivity index (χ4n) is 1.40. The Morgan fingerprint density at radius 3 is 2.56 bits per heavy atom. The minimum absolute atomic E-state index is 0.124. The maximum Gasteiger partial charge on any atom is 0.325 e. The number of hydrogen-bond donors (Lipinski definition) is 1. The van der Waals surface area contributed by atoms with E-state index in [2.05, 4.69) is 4.98 Å². The van der Waals surface area contributed by atoms with Gasteiger partial charge in [-0.15, -0.1) is 0 Å². The fraction of sp³-hybridized carbons (Fsp3) is 0.417. The van der Waals surface area contributed by atoms with E-state index in [0.29, 0.717) is 5.56 Å². The molecule has 0 saturated heterocycles. The number of carbonyl (C=O) groups is 3. The van der Waals surface area contributed by atoms with Gasteiger partial charge in [-0.3, -0.25) is 14.4 Å². The Morgan fingerprint density at radius 2 is 2.06 bits per heavy atom. The van der Waals surface area contributed by atoms with E-state index in [9.17, 15) is 14.4 Å². The minimum Gasteiger partial charge on any atom is -0.465 e. The first-order chi connectivity index (χ1) is 8.45. The van der Waals surface area contributed by atoms with E-state index in [4.69, 9.17) is 4.74 Å². The van der Waals surface area contributed by atoms with E-state index in [1.165, 1.54) is 31.1 Å². The van der Waals surface area contributed by atoms with E-state index >= 15 is 0 Å². The summed E-state index contributed by atoms with van der Waals surface area (Å²) in [5.41, 5.74) is 0.704. The highest BCUT2D eigenvalue weighted by atomic mass is 16.5. The number of esters is 1. The van der Waals surface area contributed by atoms with Crippen molar-refractivity contribution in [3.63, 3.8) is 0 Å². The van der Waals surface area contributed by atoms with Crippen LogP contribution in [0.2, 0.25) is 0 Å². The first kappa shape index (κ1) is 14.0. The number of hydrogen-bond acceptors (Lipinski definition) is 4. The molecule has 1 aromatic heterocycles. The molecule has 0 unspecified atom stereocenters.